The Kier molecular flexibility index (Phi) is 6.90. The van der Waals surface area contributed by atoms with Crippen LogP contribution in [0.5, 0.6) is 0 Å². The van der Waals surface area contributed by atoms with Crippen molar-refractivity contribution in [1.82, 2.24) is 15.5 Å². The van der Waals surface area contributed by atoms with Gasteiger partial charge in [0.1, 0.15) is 5.82 Å². The smallest absolute Gasteiger partial charge is 0.306 e. The van der Waals surface area contributed by atoms with Crippen molar-refractivity contribution >= 4 is 11.9 Å². The largest absolute Gasteiger partial charge is 0.456 e. The number of rotatable bonds is 8. The van der Waals surface area contributed by atoms with E-state index in [1.54, 1.807) is 19.1 Å². The van der Waals surface area contributed by atoms with E-state index < -0.39 is 18.5 Å². The summed E-state index contributed by atoms with van der Waals surface area (Å²) in [6.45, 7) is 3.38. The fourth-order valence-corrected chi connectivity index (χ4v) is 2.59. The quantitative estimate of drug-likeness (QED) is 0.572. The van der Waals surface area contributed by atoms with Crippen LogP contribution in [0.4, 0.5) is 4.39 Å². The van der Waals surface area contributed by atoms with Gasteiger partial charge in [-0.2, -0.15) is 0 Å². The molecule has 156 valence electrons. The molecular formula is C22H22FN3O4. The number of amides is 1. The third-order valence-corrected chi connectivity index (χ3v) is 4.40. The maximum atomic E-state index is 13.5. The summed E-state index contributed by atoms with van der Waals surface area (Å²) in [7, 11) is 0. The van der Waals surface area contributed by atoms with E-state index in [0.29, 0.717) is 22.9 Å². The zero-order valence-corrected chi connectivity index (χ0v) is 16.8. The summed E-state index contributed by atoms with van der Waals surface area (Å²) in [6.07, 6.45) is 0.216. The Morgan fingerprint density at radius 1 is 1.10 bits per heavy atom. The molecule has 1 aromatic heterocycles. The Bertz CT molecular complexity index is 1030. The van der Waals surface area contributed by atoms with E-state index in [9.17, 15) is 14.0 Å². The first kappa shape index (κ1) is 21.2. The maximum absolute atomic E-state index is 13.5. The lowest BCUT2D eigenvalue weighted by molar-refractivity contribution is -0.148. The first-order valence-corrected chi connectivity index (χ1v) is 9.47. The number of ether oxygens (including phenoxy) is 1. The molecule has 0 saturated heterocycles. The molecule has 0 fully saturated rings. The average molecular weight is 411 g/mol. The third-order valence-electron chi connectivity index (χ3n) is 4.40. The molecule has 0 unspecified atom stereocenters. The van der Waals surface area contributed by atoms with Gasteiger partial charge in [0, 0.05) is 18.5 Å². The average Bonchev–Trinajstić information content (AvgIpc) is 3.21. The number of carbonyl (C=O) groups is 2. The first-order chi connectivity index (χ1) is 14.4. The van der Waals surface area contributed by atoms with Gasteiger partial charge in [-0.3, -0.25) is 9.59 Å². The number of nitrogens with one attached hydrogen (secondary N) is 1. The molecule has 1 heterocycles. The van der Waals surface area contributed by atoms with Gasteiger partial charge in [-0.15, -0.1) is 10.2 Å². The van der Waals surface area contributed by atoms with E-state index >= 15 is 0 Å². The molecule has 0 atom stereocenters. The zero-order valence-electron chi connectivity index (χ0n) is 16.8. The van der Waals surface area contributed by atoms with E-state index in [2.05, 4.69) is 15.5 Å². The summed E-state index contributed by atoms with van der Waals surface area (Å²) in [5, 5.41) is 10.5. The van der Waals surface area contributed by atoms with Crippen molar-refractivity contribution in [1.29, 1.82) is 0 Å². The molecule has 0 aliphatic heterocycles. The third kappa shape index (κ3) is 5.97. The van der Waals surface area contributed by atoms with E-state index in [-0.39, 0.29) is 25.2 Å². The fraction of sp³-hybridized carbons (Fsp3) is 0.273. The Hall–Kier alpha value is -3.55. The summed E-state index contributed by atoms with van der Waals surface area (Å²) in [5.74, 6) is -0.663. The highest BCUT2D eigenvalue weighted by atomic mass is 19.1. The highest BCUT2D eigenvalue weighted by Gasteiger charge is 2.12. The Morgan fingerprint density at radius 2 is 1.87 bits per heavy atom. The number of esters is 1. The number of aromatic nitrogens is 2. The molecule has 0 saturated carbocycles. The lowest BCUT2D eigenvalue weighted by Crippen LogP contribution is -2.28. The number of hydrogen-bond acceptors (Lipinski definition) is 6. The van der Waals surface area contributed by atoms with E-state index in [0.717, 1.165) is 11.1 Å². The standard InChI is InChI=1S/C22H22FN3O4/c1-14-3-7-17(8-4-14)22-26-25-20(30-22)9-10-21(28)29-13-19(27)24-12-16-6-5-15(2)18(23)11-16/h3-8,11H,9-10,12-13H2,1-2H3,(H,24,27). The van der Waals surface area contributed by atoms with Crippen molar-refractivity contribution in [3.63, 3.8) is 0 Å². The molecule has 3 aromatic rings. The second-order valence-corrected chi connectivity index (χ2v) is 6.89. The monoisotopic (exact) mass is 411 g/mol. The molecule has 0 radical (unpaired) electrons. The van der Waals surface area contributed by atoms with Crippen LogP contribution in [0.15, 0.2) is 46.9 Å². The van der Waals surface area contributed by atoms with Crippen LogP contribution < -0.4 is 5.32 Å². The SMILES string of the molecule is Cc1ccc(-c2nnc(CCC(=O)OCC(=O)NCc3ccc(C)c(F)c3)o2)cc1. The topological polar surface area (TPSA) is 94.3 Å². The minimum absolute atomic E-state index is 0.00594. The molecule has 0 bridgehead atoms. The molecule has 0 aliphatic carbocycles. The second-order valence-electron chi connectivity index (χ2n) is 6.89. The van der Waals surface area contributed by atoms with Crippen LogP contribution in [-0.4, -0.2) is 28.7 Å². The predicted molar refractivity (Wildman–Crippen MR) is 107 cm³/mol. The predicted octanol–water partition coefficient (Wildman–Crippen LogP) is 3.28. The van der Waals surface area contributed by atoms with E-state index in [1.807, 2.05) is 31.2 Å². The van der Waals surface area contributed by atoms with Crippen molar-refractivity contribution in [2.75, 3.05) is 6.61 Å². The van der Waals surface area contributed by atoms with Crippen LogP contribution in [0, 0.1) is 19.7 Å². The Balaban J connectivity index is 1.39. The van der Waals surface area contributed by atoms with Gasteiger partial charge in [0.15, 0.2) is 6.61 Å². The van der Waals surface area contributed by atoms with Crippen LogP contribution in [-0.2, 0) is 27.3 Å². The van der Waals surface area contributed by atoms with Crippen LogP contribution in [0.25, 0.3) is 11.5 Å². The molecule has 7 nitrogen and oxygen atoms in total. The number of carbonyl (C=O) groups excluding carboxylic acids is 2. The minimum Gasteiger partial charge on any atom is -0.456 e. The van der Waals surface area contributed by atoms with Gasteiger partial charge in [0.25, 0.3) is 5.91 Å². The lowest BCUT2D eigenvalue weighted by atomic mass is 10.1. The minimum atomic E-state index is -0.554. The summed E-state index contributed by atoms with van der Waals surface area (Å²) in [6, 6.07) is 12.4. The van der Waals surface area contributed by atoms with Crippen molar-refractivity contribution in [3.05, 3.63) is 70.9 Å². The van der Waals surface area contributed by atoms with Crippen LogP contribution in [0.2, 0.25) is 0 Å². The maximum Gasteiger partial charge on any atom is 0.306 e. The Morgan fingerprint density at radius 3 is 2.60 bits per heavy atom. The van der Waals surface area contributed by atoms with Gasteiger partial charge < -0.3 is 14.5 Å². The highest BCUT2D eigenvalue weighted by Crippen LogP contribution is 2.18. The number of benzene rings is 2. The van der Waals surface area contributed by atoms with Gasteiger partial charge in [-0.05, 0) is 43.2 Å². The van der Waals surface area contributed by atoms with Crippen molar-refractivity contribution in [2.45, 2.75) is 33.2 Å². The number of halogens is 1. The molecule has 1 amide bonds. The van der Waals surface area contributed by atoms with Crippen LogP contribution in [0.3, 0.4) is 0 Å². The molecule has 3 rings (SSSR count). The zero-order chi connectivity index (χ0) is 21.5. The summed E-state index contributed by atoms with van der Waals surface area (Å²) < 4.78 is 24.0. The highest BCUT2D eigenvalue weighted by molar-refractivity contribution is 5.80. The number of aryl methyl sites for hydroxylation is 3. The van der Waals surface area contributed by atoms with Crippen LogP contribution >= 0.6 is 0 Å². The van der Waals surface area contributed by atoms with Crippen LogP contribution in [0.1, 0.15) is 29.0 Å². The molecular weight excluding hydrogens is 389 g/mol. The number of nitrogens with zero attached hydrogens (tertiary/aromatic N) is 2. The first-order valence-electron chi connectivity index (χ1n) is 9.47. The van der Waals surface area contributed by atoms with Gasteiger partial charge in [-0.25, -0.2) is 4.39 Å². The lowest BCUT2D eigenvalue weighted by Gasteiger charge is -2.07. The molecule has 0 aliphatic rings. The van der Waals surface area contributed by atoms with Crippen molar-refractivity contribution in [3.8, 4) is 11.5 Å². The molecule has 30 heavy (non-hydrogen) atoms. The Labute approximate surface area is 173 Å². The van der Waals surface area contributed by atoms with Gasteiger partial charge in [-0.1, -0.05) is 29.8 Å². The van der Waals surface area contributed by atoms with Crippen molar-refractivity contribution in [2.24, 2.45) is 0 Å². The summed E-state index contributed by atoms with van der Waals surface area (Å²) in [5.41, 5.74) is 3.08. The molecule has 2 aromatic carbocycles. The number of hydrogen-bond donors (Lipinski definition) is 1. The van der Waals surface area contributed by atoms with Gasteiger partial charge in [0.05, 0.1) is 6.42 Å². The van der Waals surface area contributed by atoms with E-state index in [1.165, 1.54) is 6.07 Å². The molecule has 1 N–H and O–H groups in total. The van der Waals surface area contributed by atoms with Gasteiger partial charge >= 0.3 is 5.97 Å². The fourth-order valence-electron chi connectivity index (χ4n) is 2.59. The summed E-state index contributed by atoms with van der Waals surface area (Å²) >= 11 is 0. The molecule has 8 heteroatoms. The second kappa shape index (κ2) is 9.78. The van der Waals surface area contributed by atoms with Gasteiger partial charge in [0.2, 0.25) is 11.8 Å². The molecule has 0 spiro atoms. The van der Waals surface area contributed by atoms with E-state index in [4.69, 9.17) is 9.15 Å². The summed E-state index contributed by atoms with van der Waals surface area (Å²) in [4.78, 5) is 23.7. The van der Waals surface area contributed by atoms with Crippen molar-refractivity contribution < 1.29 is 23.1 Å². The normalized spacial score (nSPS) is 10.6.